The third kappa shape index (κ3) is 2.32. The summed E-state index contributed by atoms with van der Waals surface area (Å²) in [7, 11) is 0. The van der Waals surface area contributed by atoms with E-state index < -0.39 is 0 Å². The molecule has 92 valence electrons. The Kier molecular flexibility index (Phi) is 2.83. The molecule has 1 N–H and O–H groups in total. The van der Waals surface area contributed by atoms with E-state index in [2.05, 4.69) is 23.1 Å². The van der Waals surface area contributed by atoms with Crippen molar-refractivity contribution in [2.24, 2.45) is 5.92 Å². The smallest absolute Gasteiger partial charge is 0.0553 e. The number of aliphatic hydroxyl groups is 1. The molecule has 1 aliphatic carbocycles. The van der Waals surface area contributed by atoms with Gasteiger partial charge in [-0.15, -0.1) is 0 Å². The molecular formula is C15H21NO. The van der Waals surface area contributed by atoms with E-state index in [4.69, 9.17) is 0 Å². The number of aliphatic hydroxyl groups excluding tert-OH is 1. The summed E-state index contributed by atoms with van der Waals surface area (Å²) in [6.07, 6.45) is 4.53. The van der Waals surface area contributed by atoms with Crippen LogP contribution in [0.15, 0.2) is 18.2 Å². The number of hydrogen-bond acceptors (Lipinski definition) is 2. The Morgan fingerprint density at radius 1 is 1.41 bits per heavy atom. The molecule has 1 heterocycles. The molecule has 0 radical (unpaired) electrons. The normalized spacial score (nSPS) is 20.5. The minimum atomic E-state index is -0.245. The topological polar surface area (TPSA) is 23.5 Å². The van der Waals surface area contributed by atoms with E-state index in [9.17, 15) is 5.11 Å². The fourth-order valence-electron chi connectivity index (χ4n) is 2.90. The average molecular weight is 231 g/mol. The SMILES string of the molecule is CC(O)Cc1cccc2c1N(CC1CC1)CC2. The highest BCUT2D eigenvalue weighted by Gasteiger charge is 2.29. The van der Waals surface area contributed by atoms with Crippen LogP contribution in [0, 0.1) is 5.92 Å². The van der Waals surface area contributed by atoms with E-state index in [-0.39, 0.29) is 6.10 Å². The van der Waals surface area contributed by atoms with Crippen molar-refractivity contribution in [3.8, 4) is 0 Å². The zero-order valence-electron chi connectivity index (χ0n) is 10.5. The standard InChI is InChI=1S/C15H21NO/c1-11(17)9-14-4-2-3-13-7-8-16(15(13)14)10-12-5-6-12/h2-4,11-12,17H,5-10H2,1H3. The zero-order chi connectivity index (χ0) is 11.8. The van der Waals surface area contributed by atoms with Crippen LogP contribution in [0.4, 0.5) is 5.69 Å². The van der Waals surface area contributed by atoms with Gasteiger partial charge < -0.3 is 10.0 Å². The Morgan fingerprint density at radius 2 is 2.24 bits per heavy atom. The Bertz CT molecular complexity index is 409. The zero-order valence-corrected chi connectivity index (χ0v) is 10.5. The molecule has 1 unspecified atom stereocenters. The fourth-order valence-corrected chi connectivity index (χ4v) is 2.90. The van der Waals surface area contributed by atoms with Gasteiger partial charge in [0.1, 0.15) is 0 Å². The second-order valence-corrected chi connectivity index (χ2v) is 5.62. The minimum absolute atomic E-state index is 0.245. The Balaban J connectivity index is 1.87. The lowest BCUT2D eigenvalue weighted by Crippen LogP contribution is -2.24. The van der Waals surface area contributed by atoms with Gasteiger partial charge in [-0.3, -0.25) is 0 Å². The van der Waals surface area contributed by atoms with Gasteiger partial charge in [0.05, 0.1) is 6.10 Å². The fraction of sp³-hybridized carbons (Fsp3) is 0.600. The van der Waals surface area contributed by atoms with Gasteiger partial charge in [0, 0.05) is 25.2 Å². The molecule has 2 nitrogen and oxygen atoms in total. The molecule has 1 aliphatic heterocycles. The van der Waals surface area contributed by atoms with E-state index in [0.717, 1.165) is 12.3 Å². The molecule has 2 heteroatoms. The van der Waals surface area contributed by atoms with E-state index >= 15 is 0 Å². The van der Waals surface area contributed by atoms with Crippen molar-refractivity contribution in [2.45, 2.75) is 38.7 Å². The molecule has 0 spiro atoms. The van der Waals surface area contributed by atoms with Crippen molar-refractivity contribution < 1.29 is 5.11 Å². The number of fused-ring (bicyclic) bond motifs is 1. The predicted octanol–water partition coefficient (Wildman–Crippen LogP) is 2.38. The maximum atomic E-state index is 9.60. The van der Waals surface area contributed by atoms with E-state index in [1.165, 1.54) is 49.2 Å². The third-order valence-corrected chi connectivity index (χ3v) is 3.86. The lowest BCUT2D eigenvalue weighted by Gasteiger charge is -2.22. The van der Waals surface area contributed by atoms with Crippen LogP contribution in [0.25, 0.3) is 0 Å². The first kappa shape index (κ1) is 11.1. The van der Waals surface area contributed by atoms with Crippen LogP contribution in [-0.4, -0.2) is 24.3 Å². The van der Waals surface area contributed by atoms with Crippen LogP contribution in [0.5, 0.6) is 0 Å². The molecule has 2 aliphatic rings. The first-order valence-corrected chi connectivity index (χ1v) is 6.78. The molecule has 1 aromatic rings. The Hall–Kier alpha value is -1.02. The van der Waals surface area contributed by atoms with Gasteiger partial charge >= 0.3 is 0 Å². The summed E-state index contributed by atoms with van der Waals surface area (Å²) in [6.45, 7) is 4.27. The van der Waals surface area contributed by atoms with Gasteiger partial charge in [-0.2, -0.15) is 0 Å². The van der Waals surface area contributed by atoms with Gasteiger partial charge in [-0.05, 0) is 43.2 Å². The highest BCUT2D eigenvalue weighted by Crippen LogP contribution is 2.37. The first-order chi connectivity index (χ1) is 8.24. The third-order valence-electron chi connectivity index (χ3n) is 3.86. The van der Waals surface area contributed by atoms with Crippen molar-refractivity contribution in [1.29, 1.82) is 0 Å². The van der Waals surface area contributed by atoms with E-state index in [1.54, 1.807) is 0 Å². The molecule has 3 rings (SSSR count). The van der Waals surface area contributed by atoms with Crippen molar-refractivity contribution in [3.05, 3.63) is 29.3 Å². The van der Waals surface area contributed by atoms with Crippen LogP contribution in [-0.2, 0) is 12.8 Å². The van der Waals surface area contributed by atoms with Gasteiger partial charge in [-0.1, -0.05) is 18.2 Å². The van der Waals surface area contributed by atoms with E-state index in [1.807, 2.05) is 6.92 Å². The van der Waals surface area contributed by atoms with Gasteiger partial charge in [0.25, 0.3) is 0 Å². The van der Waals surface area contributed by atoms with Crippen molar-refractivity contribution in [2.75, 3.05) is 18.0 Å². The van der Waals surface area contributed by atoms with E-state index in [0.29, 0.717) is 0 Å². The lowest BCUT2D eigenvalue weighted by molar-refractivity contribution is 0.195. The number of benzene rings is 1. The lowest BCUT2D eigenvalue weighted by atomic mass is 10.0. The second-order valence-electron chi connectivity index (χ2n) is 5.62. The predicted molar refractivity (Wildman–Crippen MR) is 70.5 cm³/mol. The number of nitrogens with zero attached hydrogens (tertiary/aromatic N) is 1. The molecule has 1 saturated carbocycles. The molecule has 0 saturated heterocycles. The Labute approximate surface area is 103 Å². The van der Waals surface area contributed by atoms with Crippen LogP contribution in [0.1, 0.15) is 30.9 Å². The molecule has 0 amide bonds. The minimum Gasteiger partial charge on any atom is -0.393 e. The summed E-state index contributed by atoms with van der Waals surface area (Å²) in [4.78, 5) is 2.55. The monoisotopic (exact) mass is 231 g/mol. The molecule has 0 bridgehead atoms. The van der Waals surface area contributed by atoms with Crippen molar-refractivity contribution >= 4 is 5.69 Å². The molecule has 1 fully saturated rings. The molecular weight excluding hydrogens is 210 g/mol. The second kappa shape index (κ2) is 4.34. The molecule has 0 aromatic heterocycles. The maximum Gasteiger partial charge on any atom is 0.0553 e. The number of hydrogen-bond donors (Lipinski definition) is 1. The quantitative estimate of drug-likeness (QED) is 0.860. The van der Waals surface area contributed by atoms with Crippen molar-refractivity contribution in [1.82, 2.24) is 0 Å². The summed E-state index contributed by atoms with van der Waals surface area (Å²) in [6, 6.07) is 6.56. The average Bonchev–Trinajstić information content (AvgIpc) is 2.99. The number of para-hydroxylation sites is 1. The van der Waals surface area contributed by atoms with Crippen LogP contribution in [0.3, 0.4) is 0 Å². The summed E-state index contributed by atoms with van der Waals surface area (Å²) in [5, 5.41) is 9.60. The number of anilines is 1. The highest BCUT2D eigenvalue weighted by molar-refractivity contribution is 5.63. The summed E-state index contributed by atoms with van der Waals surface area (Å²) in [5.41, 5.74) is 4.24. The maximum absolute atomic E-state index is 9.60. The van der Waals surface area contributed by atoms with Gasteiger partial charge in [-0.25, -0.2) is 0 Å². The van der Waals surface area contributed by atoms with Gasteiger partial charge in [0.15, 0.2) is 0 Å². The van der Waals surface area contributed by atoms with Crippen LogP contribution >= 0.6 is 0 Å². The Morgan fingerprint density at radius 3 is 2.94 bits per heavy atom. The van der Waals surface area contributed by atoms with Crippen LogP contribution < -0.4 is 4.90 Å². The van der Waals surface area contributed by atoms with Gasteiger partial charge in [0.2, 0.25) is 0 Å². The molecule has 1 atom stereocenters. The van der Waals surface area contributed by atoms with Crippen LogP contribution in [0.2, 0.25) is 0 Å². The number of rotatable bonds is 4. The summed E-state index contributed by atoms with van der Waals surface area (Å²) < 4.78 is 0. The first-order valence-electron chi connectivity index (χ1n) is 6.78. The molecule has 17 heavy (non-hydrogen) atoms. The largest absolute Gasteiger partial charge is 0.393 e. The highest BCUT2D eigenvalue weighted by atomic mass is 16.3. The summed E-state index contributed by atoms with van der Waals surface area (Å²) in [5.74, 6) is 0.931. The molecule has 1 aromatic carbocycles. The summed E-state index contributed by atoms with van der Waals surface area (Å²) >= 11 is 0. The van der Waals surface area contributed by atoms with Crippen molar-refractivity contribution in [3.63, 3.8) is 0 Å².